The van der Waals surface area contributed by atoms with E-state index >= 15 is 0 Å². The van der Waals surface area contributed by atoms with Gasteiger partial charge in [-0.2, -0.15) is 5.26 Å². The number of esters is 1. The smallest absolute Gasteiger partial charge is 0.341 e. The van der Waals surface area contributed by atoms with Gasteiger partial charge in [0.1, 0.15) is 17.3 Å². The Bertz CT molecular complexity index is 1040. The standard InChI is InChI=1S/C24H23NO7/c1-24(2,3)32-23(30)19(22(29)17-6-4-15(13-25)5-7-17)12-20(26)16-8-10-18(11-9-16)31-14-21(27)28/h4-11,19H,12,14H2,1-3H3,(H,27,28). The Balaban J connectivity index is 2.24. The minimum absolute atomic E-state index is 0.185. The van der Waals surface area contributed by atoms with Crippen LogP contribution in [-0.4, -0.2) is 40.8 Å². The van der Waals surface area contributed by atoms with Crippen LogP contribution in [0.4, 0.5) is 0 Å². The monoisotopic (exact) mass is 437 g/mol. The molecule has 0 amide bonds. The molecule has 0 spiro atoms. The van der Waals surface area contributed by atoms with Crippen LogP contribution in [0.1, 0.15) is 53.5 Å². The molecule has 2 rings (SSSR count). The predicted molar refractivity (Wildman–Crippen MR) is 113 cm³/mol. The van der Waals surface area contributed by atoms with Crippen LogP contribution in [-0.2, 0) is 14.3 Å². The molecule has 1 unspecified atom stereocenters. The van der Waals surface area contributed by atoms with Crippen molar-refractivity contribution in [3.05, 3.63) is 65.2 Å². The summed E-state index contributed by atoms with van der Waals surface area (Å²) in [6, 6.07) is 13.4. The van der Waals surface area contributed by atoms with E-state index in [0.29, 0.717) is 5.56 Å². The summed E-state index contributed by atoms with van der Waals surface area (Å²) in [6.07, 6.45) is -0.414. The van der Waals surface area contributed by atoms with E-state index in [1.54, 1.807) is 20.8 Å². The molecule has 0 bridgehead atoms. The highest BCUT2D eigenvalue weighted by molar-refractivity contribution is 6.12. The number of nitriles is 1. The summed E-state index contributed by atoms with van der Waals surface area (Å²) in [6.45, 7) is 4.45. The first kappa shape index (κ1) is 24.3. The molecule has 0 saturated heterocycles. The van der Waals surface area contributed by atoms with Crippen LogP contribution in [0.3, 0.4) is 0 Å². The maximum absolute atomic E-state index is 13.0. The number of hydrogen-bond acceptors (Lipinski definition) is 7. The number of carbonyl (C=O) groups excluding carboxylic acids is 3. The van der Waals surface area contributed by atoms with E-state index in [4.69, 9.17) is 19.8 Å². The average molecular weight is 437 g/mol. The number of benzene rings is 2. The summed E-state index contributed by atoms with van der Waals surface area (Å²) in [7, 11) is 0. The molecule has 166 valence electrons. The number of Topliss-reactive ketones (excluding diaryl/α,β-unsaturated/α-hetero) is 2. The third-order valence-electron chi connectivity index (χ3n) is 4.23. The van der Waals surface area contributed by atoms with Crippen molar-refractivity contribution in [2.75, 3.05) is 6.61 Å². The predicted octanol–water partition coefficient (Wildman–Crippen LogP) is 3.44. The van der Waals surface area contributed by atoms with Crippen LogP contribution >= 0.6 is 0 Å². The van der Waals surface area contributed by atoms with Gasteiger partial charge < -0.3 is 14.6 Å². The second kappa shape index (κ2) is 10.4. The maximum atomic E-state index is 13.0. The van der Waals surface area contributed by atoms with Gasteiger partial charge >= 0.3 is 11.9 Å². The molecule has 0 radical (unpaired) electrons. The second-order valence-corrected chi connectivity index (χ2v) is 7.97. The SMILES string of the molecule is CC(C)(C)OC(=O)C(CC(=O)c1ccc(OCC(=O)O)cc1)C(=O)c1ccc(C#N)cc1. The Labute approximate surface area is 185 Å². The van der Waals surface area contributed by atoms with Gasteiger partial charge in [0.05, 0.1) is 11.6 Å². The number of nitrogens with zero attached hydrogens (tertiary/aromatic N) is 1. The minimum atomic E-state index is -1.36. The third kappa shape index (κ3) is 7.06. The van der Waals surface area contributed by atoms with E-state index in [1.165, 1.54) is 48.5 Å². The highest BCUT2D eigenvalue weighted by Crippen LogP contribution is 2.22. The summed E-state index contributed by atoms with van der Waals surface area (Å²) >= 11 is 0. The lowest BCUT2D eigenvalue weighted by molar-refractivity contribution is -0.158. The second-order valence-electron chi connectivity index (χ2n) is 7.97. The Morgan fingerprint density at radius 3 is 2.03 bits per heavy atom. The van der Waals surface area contributed by atoms with Crippen molar-refractivity contribution in [1.82, 2.24) is 0 Å². The Kier molecular flexibility index (Phi) is 7.86. The Morgan fingerprint density at radius 2 is 1.53 bits per heavy atom. The number of carbonyl (C=O) groups is 4. The molecule has 1 N–H and O–H groups in total. The van der Waals surface area contributed by atoms with Gasteiger partial charge in [0.25, 0.3) is 0 Å². The fourth-order valence-electron chi connectivity index (χ4n) is 2.75. The molecular formula is C24H23NO7. The quantitative estimate of drug-likeness (QED) is 0.359. The van der Waals surface area contributed by atoms with E-state index in [0.717, 1.165) is 0 Å². The Hall–Kier alpha value is -3.99. The molecule has 8 heteroatoms. The Morgan fingerprint density at radius 1 is 0.969 bits per heavy atom. The third-order valence-corrected chi connectivity index (χ3v) is 4.23. The van der Waals surface area contributed by atoms with Crippen molar-refractivity contribution in [2.24, 2.45) is 5.92 Å². The van der Waals surface area contributed by atoms with Gasteiger partial charge in [-0.25, -0.2) is 4.79 Å². The van der Waals surface area contributed by atoms with Gasteiger partial charge in [-0.05, 0) is 57.2 Å². The van der Waals surface area contributed by atoms with Crippen molar-refractivity contribution in [1.29, 1.82) is 5.26 Å². The molecule has 0 aliphatic heterocycles. The van der Waals surface area contributed by atoms with E-state index in [9.17, 15) is 19.2 Å². The lowest BCUT2D eigenvalue weighted by Gasteiger charge is -2.23. The van der Waals surface area contributed by atoms with Crippen molar-refractivity contribution < 1.29 is 33.8 Å². The summed E-state index contributed by atoms with van der Waals surface area (Å²) in [5, 5.41) is 17.6. The van der Waals surface area contributed by atoms with Crippen molar-refractivity contribution in [3.8, 4) is 11.8 Å². The van der Waals surface area contributed by atoms with Gasteiger partial charge in [0, 0.05) is 17.5 Å². The van der Waals surface area contributed by atoms with Crippen molar-refractivity contribution >= 4 is 23.5 Å². The molecular weight excluding hydrogens is 414 g/mol. The molecule has 2 aromatic carbocycles. The van der Waals surface area contributed by atoms with Crippen LogP contribution in [0.15, 0.2) is 48.5 Å². The van der Waals surface area contributed by atoms with Gasteiger partial charge in [-0.1, -0.05) is 12.1 Å². The topological polar surface area (TPSA) is 131 Å². The molecule has 0 heterocycles. The zero-order valence-corrected chi connectivity index (χ0v) is 18.0. The normalized spacial score (nSPS) is 11.7. The van der Waals surface area contributed by atoms with Crippen LogP contribution in [0.2, 0.25) is 0 Å². The van der Waals surface area contributed by atoms with Crippen molar-refractivity contribution in [3.63, 3.8) is 0 Å². The van der Waals surface area contributed by atoms with Gasteiger partial charge in [0.2, 0.25) is 0 Å². The van der Waals surface area contributed by atoms with Gasteiger partial charge in [0.15, 0.2) is 18.2 Å². The van der Waals surface area contributed by atoms with E-state index in [2.05, 4.69) is 0 Å². The summed E-state index contributed by atoms with van der Waals surface area (Å²) in [5.74, 6) is -4.10. The van der Waals surface area contributed by atoms with Gasteiger partial charge in [-0.3, -0.25) is 14.4 Å². The number of carboxylic acids is 1. The largest absolute Gasteiger partial charge is 0.482 e. The number of ketones is 2. The lowest BCUT2D eigenvalue weighted by atomic mass is 9.90. The van der Waals surface area contributed by atoms with E-state index in [-0.39, 0.29) is 16.9 Å². The molecule has 0 fully saturated rings. The number of hydrogen-bond donors (Lipinski definition) is 1. The molecule has 8 nitrogen and oxygen atoms in total. The lowest BCUT2D eigenvalue weighted by Crippen LogP contribution is -2.34. The van der Waals surface area contributed by atoms with Crippen LogP contribution in [0.5, 0.6) is 5.75 Å². The fourth-order valence-corrected chi connectivity index (χ4v) is 2.75. The van der Waals surface area contributed by atoms with Crippen molar-refractivity contribution in [2.45, 2.75) is 32.8 Å². The number of rotatable bonds is 9. The zero-order valence-electron chi connectivity index (χ0n) is 18.0. The summed E-state index contributed by atoms with van der Waals surface area (Å²) < 4.78 is 10.4. The first-order valence-electron chi connectivity index (χ1n) is 9.75. The molecule has 1 atom stereocenters. The first-order valence-corrected chi connectivity index (χ1v) is 9.75. The van der Waals surface area contributed by atoms with Crippen LogP contribution in [0, 0.1) is 17.2 Å². The molecule has 0 aromatic heterocycles. The number of ether oxygens (including phenoxy) is 2. The van der Waals surface area contributed by atoms with Crippen LogP contribution < -0.4 is 4.74 Å². The highest BCUT2D eigenvalue weighted by Gasteiger charge is 2.34. The first-order chi connectivity index (χ1) is 15.0. The summed E-state index contributed by atoms with van der Waals surface area (Å²) in [5.41, 5.74) is -0.0810. The number of carboxylic acid groups (broad SMARTS) is 1. The molecule has 2 aromatic rings. The maximum Gasteiger partial charge on any atom is 0.341 e. The summed E-state index contributed by atoms with van der Waals surface area (Å²) in [4.78, 5) is 49.2. The number of aliphatic carboxylic acids is 1. The molecule has 32 heavy (non-hydrogen) atoms. The van der Waals surface area contributed by atoms with E-state index < -0.39 is 48.1 Å². The molecule has 0 aliphatic rings. The molecule has 0 aliphatic carbocycles. The van der Waals surface area contributed by atoms with E-state index in [1.807, 2.05) is 6.07 Å². The van der Waals surface area contributed by atoms with Gasteiger partial charge in [-0.15, -0.1) is 0 Å². The molecule has 0 saturated carbocycles. The minimum Gasteiger partial charge on any atom is -0.482 e. The zero-order chi connectivity index (χ0) is 23.9. The fraction of sp³-hybridized carbons (Fsp3) is 0.292. The average Bonchev–Trinajstić information content (AvgIpc) is 2.74. The van der Waals surface area contributed by atoms with Crippen LogP contribution in [0.25, 0.3) is 0 Å². The highest BCUT2D eigenvalue weighted by atomic mass is 16.6.